The van der Waals surface area contributed by atoms with E-state index in [9.17, 15) is 0 Å². The van der Waals surface area contributed by atoms with Gasteiger partial charge in [0.25, 0.3) is 0 Å². The largest absolute Gasteiger partial charge is 0.353 e. The van der Waals surface area contributed by atoms with Crippen molar-refractivity contribution in [3.63, 3.8) is 0 Å². The molecule has 4 heterocycles. The molecule has 0 radical (unpaired) electrons. The van der Waals surface area contributed by atoms with Crippen molar-refractivity contribution in [1.29, 1.82) is 0 Å². The third-order valence-electron chi connectivity index (χ3n) is 6.47. The van der Waals surface area contributed by atoms with Gasteiger partial charge in [0.1, 0.15) is 0 Å². The summed E-state index contributed by atoms with van der Waals surface area (Å²) >= 11 is 0. The van der Waals surface area contributed by atoms with Crippen LogP contribution in [0, 0.1) is 0 Å². The molecule has 2 atom stereocenters. The predicted molar refractivity (Wildman–Crippen MR) is 116 cm³/mol. The summed E-state index contributed by atoms with van der Waals surface area (Å²) in [5, 5.41) is 8.37. The Morgan fingerprint density at radius 2 is 1.97 bits per heavy atom. The molecular weight excluding hydrogens is 360 g/mol. The molecule has 0 bridgehead atoms. The van der Waals surface area contributed by atoms with Crippen molar-refractivity contribution in [1.82, 2.24) is 24.8 Å². The molecule has 2 unspecified atom stereocenters. The Labute approximate surface area is 172 Å². The number of fused-ring (bicyclic) bond motifs is 1. The van der Waals surface area contributed by atoms with Crippen molar-refractivity contribution < 1.29 is 0 Å². The van der Waals surface area contributed by atoms with E-state index in [2.05, 4.69) is 67.1 Å². The third-order valence-corrected chi connectivity index (χ3v) is 6.47. The van der Waals surface area contributed by atoms with Gasteiger partial charge in [-0.05, 0) is 44.5 Å². The lowest BCUT2D eigenvalue weighted by atomic mass is 9.94. The average molecular weight is 391 g/mol. The van der Waals surface area contributed by atoms with Crippen LogP contribution < -0.4 is 10.2 Å². The van der Waals surface area contributed by atoms with Gasteiger partial charge in [-0.1, -0.05) is 30.3 Å². The molecule has 0 aliphatic carbocycles. The van der Waals surface area contributed by atoms with Crippen LogP contribution in [0.25, 0.3) is 5.65 Å². The van der Waals surface area contributed by atoms with Gasteiger partial charge in [0.05, 0.1) is 5.69 Å². The molecular formula is C23H30N6. The van der Waals surface area contributed by atoms with Gasteiger partial charge < -0.3 is 10.2 Å². The van der Waals surface area contributed by atoms with Gasteiger partial charge in [0, 0.05) is 50.4 Å². The summed E-state index contributed by atoms with van der Waals surface area (Å²) in [6.45, 7) is 5.34. The van der Waals surface area contributed by atoms with Crippen LogP contribution in [0.15, 0.2) is 48.7 Å². The van der Waals surface area contributed by atoms with E-state index in [4.69, 9.17) is 5.10 Å². The Morgan fingerprint density at radius 1 is 1.07 bits per heavy atom. The van der Waals surface area contributed by atoms with Crippen LogP contribution >= 0.6 is 0 Å². The summed E-state index contributed by atoms with van der Waals surface area (Å²) in [5.41, 5.74) is 3.65. The van der Waals surface area contributed by atoms with E-state index in [0.717, 1.165) is 37.6 Å². The van der Waals surface area contributed by atoms with Crippen LogP contribution in [-0.4, -0.2) is 58.8 Å². The monoisotopic (exact) mass is 390 g/mol. The number of piperidine rings is 1. The normalized spacial score (nSPS) is 23.1. The molecule has 6 heteroatoms. The first-order valence-corrected chi connectivity index (χ1v) is 10.8. The summed E-state index contributed by atoms with van der Waals surface area (Å²) in [5.74, 6) is 1.55. The Balaban J connectivity index is 1.36. The lowest BCUT2D eigenvalue weighted by molar-refractivity contribution is 0.197. The van der Waals surface area contributed by atoms with Crippen LogP contribution in [0.2, 0.25) is 0 Å². The van der Waals surface area contributed by atoms with Crippen LogP contribution in [0.1, 0.15) is 36.4 Å². The number of likely N-dealkylation sites (N-methyl/N-ethyl adjacent to an activating group) is 1. The molecule has 5 rings (SSSR count). The van der Waals surface area contributed by atoms with Gasteiger partial charge in [0.15, 0.2) is 11.5 Å². The highest BCUT2D eigenvalue weighted by Gasteiger charge is 2.26. The van der Waals surface area contributed by atoms with E-state index in [1.807, 2.05) is 13.2 Å². The molecule has 2 aliphatic rings. The second-order valence-electron chi connectivity index (χ2n) is 8.42. The first-order chi connectivity index (χ1) is 14.3. The van der Waals surface area contributed by atoms with Gasteiger partial charge in [0.2, 0.25) is 0 Å². The fourth-order valence-corrected chi connectivity index (χ4v) is 4.85. The molecule has 0 spiro atoms. The number of nitrogens with one attached hydrogen (secondary N) is 1. The Morgan fingerprint density at radius 3 is 2.79 bits per heavy atom. The zero-order valence-corrected chi connectivity index (χ0v) is 17.2. The molecule has 1 aromatic carbocycles. The molecule has 1 N–H and O–H groups in total. The van der Waals surface area contributed by atoms with Crippen molar-refractivity contribution in [3.8, 4) is 0 Å². The van der Waals surface area contributed by atoms with Crippen LogP contribution in [-0.2, 0) is 6.54 Å². The molecule has 29 heavy (non-hydrogen) atoms. The fourth-order valence-electron chi connectivity index (χ4n) is 4.85. The molecule has 0 saturated carbocycles. The number of anilines is 1. The number of rotatable bonds is 5. The van der Waals surface area contributed by atoms with Crippen molar-refractivity contribution in [3.05, 3.63) is 59.9 Å². The highest BCUT2D eigenvalue weighted by Crippen LogP contribution is 2.29. The molecule has 152 valence electrons. The van der Waals surface area contributed by atoms with Gasteiger partial charge in [-0.3, -0.25) is 4.90 Å². The number of hydrogen-bond donors (Lipinski definition) is 1. The molecule has 2 aromatic heterocycles. The van der Waals surface area contributed by atoms with Gasteiger partial charge in [-0.25, -0.2) is 9.50 Å². The topological polar surface area (TPSA) is 48.7 Å². The van der Waals surface area contributed by atoms with Crippen LogP contribution in [0.4, 0.5) is 5.82 Å². The van der Waals surface area contributed by atoms with Crippen LogP contribution in [0.3, 0.4) is 0 Å². The number of nitrogens with zero attached hydrogens (tertiary/aromatic N) is 5. The maximum absolute atomic E-state index is 4.98. The highest BCUT2D eigenvalue weighted by molar-refractivity contribution is 5.53. The molecule has 2 fully saturated rings. The smallest absolute Gasteiger partial charge is 0.157 e. The van der Waals surface area contributed by atoms with E-state index in [1.54, 1.807) is 0 Å². The standard InChI is InChI=1S/C23H30N6/c1-24-20-10-13-28(17-20)23-14-22-25-11-9-21(29(22)26-23)19-8-5-12-27(16-19)15-18-6-3-2-4-7-18/h2-4,6-7,9,11,14,19-20,24H,5,8,10,12-13,15-17H2,1H3. The van der Waals surface area contributed by atoms with E-state index in [1.165, 1.54) is 37.1 Å². The molecule has 6 nitrogen and oxygen atoms in total. The zero-order valence-electron chi connectivity index (χ0n) is 17.2. The molecule has 2 aliphatic heterocycles. The highest BCUT2D eigenvalue weighted by atomic mass is 15.4. The minimum absolute atomic E-state index is 0.495. The third kappa shape index (κ3) is 3.87. The zero-order chi connectivity index (χ0) is 19.6. The lowest BCUT2D eigenvalue weighted by Gasteiger charge is -2.33. The number of benzene rings is 1. The molecule has 0 amide bonds. The van der Waals surface area contributed by atoms with Gasteiger partial charge in [-0.15, -0.1) is 5.10 Å². The number of hydrogen-bond acceptors (Lipinski definition) is 5. The minimum Gasteiger partial charge on any atom is -0.353 e. The SMILES string of the molecule is CNC1CCN(c2cc3nccc(C4CCCN(Cc5ccccc5)C4)n3n2)C1. The summed E-state index contributed by atoms with van der Waals surface area (Å²) in [4.78, 5) is 9.56. The van der Waals surface area contributed by atoms with E-state index in [0.29, 0.717) is 12.0 Å². The maximum Gasteiger partial charge on any atom is 0.157 e. The second-order valence-corrected chi connectivity index (χ2v) is 8.42. The maximum atomic E-state index is 4.98. The Hall–Kier alpha value is -2.44. The van der Waals surface area contributed by atoms with Crippen molar-refractivity contribution in [2.75, 3.05) is 38.1 Å². The molecule has 2 saturated heterocycles. The van der Waals surface area contributed by atoms with Crippen molar-refractivity contribution in [2.45, 2.75) is 37.8 Å². The second kappa shape index (κ2) is 8.13. The first-order valence-electron chi connectivity index (χ1n) is 10.8. The lowest BCUT2D eigenvalue weighted by Crippen LogP contribution is -2.34. The average Bonchev–Trinajstić information content (AvgIpc) is 3.41. The van der Waals surface area contributed by atoms with E-state index >= 15 is 0 Å². The summed E-state index contributed by atoms with van der Waals surface area (Å²) in [6.07, 6.45) is 5.56. The van der Waals surface area contributed by atoms with Gasteiger partial charge in [-0.2, -0.15) is 0 Å². The van der Waals surface area contributed by atoms with E-state index in [-0.39, 0.29) is 0 Å². The van der Waals surface area contributed by atoms with Crippen molar-refractivity contribution >= 4 is 11.5 Å². The predicted octanol–water partition coefficient (Wildman–Crippen LogP) is 2.91. The number of likely N-dealkylation sites (tertiary alicyclic amines) is 1. The summed E-state index contributed by atoms with van der Waals surface area (Å²) in [7, 11) is 2.04. The minimum atomic E-state index is 0.495. The summed E-state index contributed by atoms with van der Waals surface area (Å²) in [6, 6.07) is 15.7. The summed E-state index contributed by atoms with van der Waals surface area (Å²) < 4.78 is 2.10. The Kier molecular flexibility index (Phi) is 5.21. The fraction of sp³-hybridized carbons (Fsp3) is 0.478. The van der Waals surface area contributed by atoms with Crippen LogP contribution in [0.5, 0.6) is 0 Å². The van der Waals surface area contributed by atoms with E-state index < -0.39 is 0 Å². The first kappa shape index (κ1) is 18.6. The quantitative estimate of drug-likeness (QED) is 0.726. The molecule has 3 aromatic rings. The van der Waals surface area contributed by atoms with Crippen molar-refractivity contribution in [2.24, 2.45) is 0 Å². The Bertz CT molecular complexity index is 952. The number of aromatic nitrogens is 3. The van der Waals surface area contributed by atoms with Gasteiger partial charge >= 0.3 is 0 Å².